The number of benzene rings is 2. The zero-order valence-corrected chi connectivity index (χ0v) is 19.5. The lowest BCUT2D eigenvalue weighted by atomic mass is 10.3. The van der Waals surface area contributed by atoms with Crippen LogP contribution in [0.2, 0.25) is 39.3 Å². The molecule has 0 N–H and O–H groups in total. The fourth-order valence-electron chi connectivity index (χ4n) is 3.06. The molecule has 0 heterocycles. The minimum absolute atomic E-state index is 1.31. The topological polar surface area (TPSA) is 6.48 Å². The molecule has 0 aliphatic rings. The van der Waals surface area contributed by atoms with Crippen LogP contribution in [0.25, 0.3) is 0 Å². The van der Waals surface area contributed by atoms with Gasteiger partial charge in [0.15, 0.2) is 16.5 Å². The van der Waals surface area contributed by atoms with Crippen molar-refractivity contribution in [1.82, 2.24) is 0 Å². The Labute approximate surface area is 157 Å². The first kappa shape index (κ1) is 20.0. The molecule has 2 rings (SSSR count). The maximum Gasteiger partial charge on any atom is 0.155 e. The lowest BCUT2D eigenvalue weighted by Gasteiger charge is -2.47. The van der Waals surface area contributed by atoms with Gasteiger partial charge in [0, 0.05) is 11.4 Å². The molecule has 0 radical (unpaired) electrons. The number of rotatable bonds is 6. The Hall–Kier alpha value is -1.36. The summed E-state index contributed by atoms with van der Waals surface area (Å²) in [5, 5.41) is 0. The predicted molar refractivity (Wildman–Crippen MR) is 122 cm³/mol. The summed E-state index contributed by atoms with van der Waals surface area (Å²) in [6.07, 6.45) is 0. The SMILES string of the molecule is CP=C(N(c1ccccc1)[Si](C)(C)C)N(c1ccccc1)[Si](C)(C)C. The number of nitrogens with zero attached hydrogens (tertiary/aromatic N) is 2. The van der Waals surface area contributed by atoms with Crippen molar-refractivity contribution in [3.63, 3.8) is 0 Å². The Morgan fingerprint density at radius 3 is 1.20 bits per heavy atom. The number of anilines is 2. The van der Waals surface area contributed by atoms with Crippen molar-refractivity contribution in [2.24, 2.45) is 0 Å². The molecule has 25 heavy (non-hydrogen) atoms. The highest BCUT2D eigenvalue weighted by Crippen LogP contribution is 2.31. The van der Waals surface area contributed by atoms with Crippen molar-refractivity contribution in [3.8, 4) is 0 Å². The Morgan fingerprint density at radius 1 is 0.640 bits per heavy atom. The fourth-order valence-corrected chi connectivity index (χ4v) is 9.44. The van der Waals surface area contributed by atoms with Gasteiger partial charge in [0.1, 0.15) is 5.54 Å². The van der Waals surface area contributed by atoms with Crippen LogP contribution in [-0.2, 0) is 0 Å². The van der Waals surface area contributed by atoms with Crippen LogP contribution >= 0.6 is 8.20 Å². The van der Waals surface area contributed by atoms with Gasteiger partial charge in [0.05, 0.1) is 0 Å². The Balaban J connectivity index is 2.63. The molecule has 0 aromatic heterocycles. The van der Waals surface area contributed by atoms with Gasteiger partial charge in [0.25, 0.3) is 0 Å². The maximum atomic E-state index is 2.64. The lowest BCUT2D eigenvalue weighted by molar-refractivity contribution is 1.31. The summed E-state index contributed by atoms with van der Waals surface area (Å²) in [4.78, 5) is 0. The minimum atomic E-state index is -1.62. The van der Waals surface area contributed by atoms with E-state index in [2.05, 4.69) is 116 Å². The monoisotopic (exact) mass is 386 g/mol. The van der Waals surface area contributed by atoms with Gasteiger partial charge in [-0.2, -0.15) is 0 Å². The van der Waals surface area contributed by atoms with Gasteiger partial charge in [-0.1, -0.05) is 83.9 Å². The molecular weight excluding hydrogens is 355 g/mol. The molecule has 2 aromatic carbocycles. The lowest BCUT2D eigenvalue weighted by Crippen LogP contribution is -2.61. The van der Waals surface area contributed by atoms with Gasteiger partial charge in [-0.05, 0) is 30.9 Å². The fraction of sp³-hybridized carbons (Fsp3) is 0.350. The predicted octanol–water partition coefficient (Wildman–Crippen LogP) is 6.33. The Kier molecular flexibility index (Phi) is 6.31. The van der Waals surface area contributed by atoms with E-state index in [1.165, 1.54) is 25.1 Å². The van der Waals surface area contributed by atoms with Crippen LogP contribution in [-0.4, -0.2) is 28.7 Å². The van der Waals surface area contributed by atoms with Crippen LogP contribution < -0.4 is 9.13 Å². The van der Waals surface area contributed by atoms with Crippen molar-refractivity contribution in [3.05, 3.63) is 60.7 Å². The molecular formula is C20H31N2PSi2. The highest BCUT2D eigenvalue weighted by molar-refractivity contribution is 7.42. The first-order chi connectivity index (χ1) is 11.7. The second kappa shape index (κ2) is 7.90. The zero-order chi connectivity index (χ0) is 18.7. The third-order valence-corrected chi connectivity index (χ3v) is 8.77. The minimum Gasteiger partial charge on any atom is -0.353 e. The molecule has 2 nitrogen and oxygen atoms in total. The van der Waals surface area contributed by atoms with Crippen molar-refractivity contribution >= 4 is 41.6 Å². The Bertz CT molecular complexity index is 644. The molecule has 0 fully saturated rings. The van der Waals surface area contributed by atoms with E-state index in [1.807, 2.05) is 0 Å². The molecule has 2 aromatic rings. The molecule has 134 valence electrons. The first-order valence-electron chi connectivity index (χ1n) is 8.83. The van der Waals surface area contributed by atoms with Crippen LogP contribution in [0.1, 0.15) is 0 Å². The molecule has 0 aliphatic heterocycles. The molecule has 0 unspecified atom stereocenters. The molecule has 0 saturated heterocycles. The average Bonchev–Trinajstić information content (AvgIpc) is 2.53. The highest BCUT2D eigenvalue weighted by atomic mass is 31.1. The van der Waals surface area contributed by atoms with E-state index >= 15 is 0 Å². The van der Waals surface area contributed by atoms with Gasteiger partial charge >= 0.3 is 0 Å². The third kappa shape index (κ3) is 4.84. The van der Waals surface area contributed by atoms with Crippen LogP contribution in [0.3, 0.4) is 0 Å². The van der Waals surface area contributed by atoms with Crippen molar-refractivity contribution < 1.29 is 0 Å². The summed E-state index contributed by atoms with van der Waals surface area (Å²) in [6.45, 7) is 16.8. The Morgan fingerprint density at radius 2 is 0.960 bits per heavy atom. The van der Waals surface area contributed by atoms with Crippen molar-refractivity contribution in [2.45, 2.75) is 39.3 Å². The van der Waals surface area contributed by atoms with E-state index in [9.17, 15) is 0 Å². The molecule has 0 spiro atoms. The van der Waals surface area contributed by atoms with E-state index in [1.54, 1.807) is 0 Å². The summed E-state index contributed by atoms with van der Waals surface area (Å²) in [7, 11) is -1.93. The number of para-hydroxylation sites is 2. The van der Waals surface area contributed by atoms with E-state index in [4.69, 9.17) is 0 Å². The van der Waals surface area contributed by atoms with Crippen molar-refractivity contribution in [2.75, 3.05) is 15.8 Å². The van der Waals surface area contributed by atoms with Gasteiger partial charge in [-0.25, -0.2) is 0 Å². The molecule has 5 heteroatoms. The molecule has 0 saturated carbocycles. The molecule has 0 aliphatic carbocycles. The molecule has 0 amide bonds. The van der Waals surface area contributed by atoms with Gasteiger partial charge in [0.2, 0.25) is 0 Å². The van der Waals surface area contributed by atoms with E-state index in [0.717, 1.165) is 0 Å². The van der Waals surface area contributed by atoms with Gasteiger partial charge in [-0.15, -0.1) is 0 Å². The van der Waals surface area contributed by atoms with Gasteiger partial charge in [-0.3, -0.25) is 0 Å². The smallest absolute Gasteiger partial charge is 0.155 e. The second-order valence-electron chi connectivity index (χ2n) is 8.21. The van der Waals surface area contributed by atoms with E-state index in [-0.39, 0.29) is 0 Å². The molecule has 0 atom stereocenters. The maximum absolute atomic E-state index is 2.64. The summed E-state index contributed by atoms with van der Waals surface area (Å²) in [5.41, 5.74) is 4.03. The van der Waals surface area contributed by atoms with E-state index in [0.29, 0.717) is 0 Å². The normalized spacial score (nSPS) is 12.1. The summed E-state index contributed by atoms with van der Waals surface area (Å²) in [6, 6.07) is 21.8. The zero-order valence-electron chi connectivity index (χ0n) is 16.6. The summed E-state index contributed by atoms with van der Waals surface area (Å²) in [5.74, 6) is 0. The third-order valence-electron chi connectivity index (χ3n) is 3.97. The number of hydrogen-bond acceptors (Lipinski definition) is 0. The summed E-state index contributed by atoms with van der Waals surface area (Å²) >= 11 is 0. The average molecular weight is 387 g/mol. The first-order valence-corrected chi connectivity index (χ1v) is 17.1. The van der Waals surface area contributed by atoms with Crippen LogP contribution in [0, 0.1) is 0 Å². The quantitative estimate of drug-likeness (QED) is 0.422. The standard InChI is InChI=1S/C20H31N2PSi2/c1-23-20(21(24(2,3)4)18-14-10-8-11-15-18)22(25(5,6)7)19-16-12-9-13-17-19/h8-17H,1-7H3. The second-order valence-corrected chi connectivity index (χ2v) is 18.6. The van der Waals surface area contributed by atoms with Crippen LogP contribution in [0.5, 0.6) is 0 Å². The van der Waals surface area contributed by atoms with E-state index < -0.39 is 16.5 Å². The summed E-state index contributed by atoms with van der Waals surface area (Å²) < 4.78 is 5.28. The van der Waals surface area contributed by atoms with Crippen molar-refractivity contribution in [1.29, 1.82) is 0 Å². The van der Waals surface area contributed by atoms with Crippen LogP contribution in [0.4, 0.5) is 11.4 Å². The van der Waals surface area contributed by atoms with Gasteiger partial charge < -0.3 is 9.13 Å². The number of hydrogen-bond donors (Lipinski definition) is 0. The molecule has 0 bridgehead atoms. The highest BCUT2D eigenvalue weighted by Gasteiger charge is 2.35. The van der Waals surface area contributed by atoms with Crippen LogP contribution in [0.15, 0.2) is 60.7 Å². The largest absolute Gasteiger partial charge is 0.353 e.